The Balaban J connectivity index is 1.91. The first-order valence-corrected chi connectivity index (χ1v) is 8.27. The fraction of sp³-hybridized carbons (Fsp3) is 0.316. The molecule has 0 saturated heterocycles. The van der Waals surface area contributed by atoms with Gasteiger partial charge in [-0.2, -0.15) is 0 Å². The number of benzene rings is 1. The molecule has 3 aromatic rings. The van der Waals surface area contributed by atoms with E-state index in [0.717, 1.165) is 5.56 Å². The summed E-state index contributed by atoms with van der Waals surface area (Å²) in [5.41, 5.74) is 0.450. The molecule has 2 aromatic heterocycles. The van der Waals surface area contributed by atoms with Crippen LogP contribution in [0.2, 0.25) is 0 Å². The Kier molecular flexibility index (Phi) is 4.70. The monoisotopic (exact) mass is 339 g/mol. The minimum absolute atomic E-state index is 0.207. The van der Waals surface area contributed by atoms with Gasteiger partial charge in [-0.1, -0.05) is 32.0 Å². The number of hydrogen-bond donors (Lipinski definition) is 0. The maximum atomic E-state index is 12.3. The topological polar surface area (TPSA) is 70.0 Å². The highest BCUT2D eigenvalue weighted by Gasteiger charge is 2.14. The van der Waals surface area contributed by atoms with Crippen LogP contribution in [0, 0.1) is 12.8 Å². The van der Waals surface area contributed by atoms with E-state index in [9.17, 15) is 9.59 Å². The van der Waals surface area contributed by atoms with Crippen LogP contribution in [0.5, 0.6) is 0 Å². The summed E-state index contributed by atoms with van der Waals surface area (Å²) in [5, 5.41) is 0. The molecule has 0 unspecified atom stereocenters. The van der Waals surface area contributed by atoms with Crippen LogP contribution in [-0.2, 0) is 13.1 Å². The molecule has 6 heteroatoms. The van der Waals surface area contributed by atoms with E-state index in [4.69, 9.17) is 4.42 Å². The molecule has 2 heterocycles. The zero-order chi connectivity index (χ0) is 18.0. The van der Waals surface area contributed by atoms with Gasteiger partial charge in [0.2, 0.25) is 5.89 Å². The molecule has 0 radical (unpaired) electrons. The Labute approximate surface area is 145 Å². The third-order valence-electron chi connectivity index (χ3n) is 3.93. The van der Waals surface area contributed by atoms with Gasteiger partial charge in [0.15, 0.2) is 0 Å². The van der Waals surface area contributed by atoms with Crippen LogP contribution in [0.25, 0.3) is 11.5 Å². The summed E-state index contributed by atoms with van der Waals surface area (Å²) in [6.07, 6.45) is 3.28. The Morgan fingerprint density at radius 2 is 1.68 bits per heavy atom. The second-order valence-corrected chi connectivity index (χ2v) is 6.47. The number of oxazole rings is 1. The Morgan fingerprint density at radius 1 is 1.04 bits per heavy atom. The van der Waals surface area contributed by atoms with E-state index in [1.807, 2.05) is 44.2 Å². The van der Waals surface area contributed by atoms with Gasteiger partial charge in [0.1, 0.15) is 11.5 Å². The highest BCUT2D eigenvalue weighted by atomic mass is 16.4. The molecule has 130 valence electrons. The molecule has 25 heavy (non-hydrogen) atoms. The molecule has 0 atom stereocenters. The minimum Gasteiger partial charge on any atom is -0.441 e. The number of hydrogen-bond acceptors (Lipinski definition) is 4. The molecule has 3 rings (SSSR count). The van der Waals surface area contributed by atoms with Crippen molar-refractivity contribution in [2.45, 2.75) is 33.9 Å². The van der Waals surface area contributed by atoms with Gasteiger partial charge in [-0.25, -0.2) is 4.98 Å². The Bertz CT molecular complexity index is 981. The second-order valence-electron chi connectivity index (χ2n) is 6.47. The van der Waals surface area contributed by atoms with E-state index < -0.39 is 11.1 Å². The van der Waals surface area contributed by atoms with Gasteiger partial charge in [-0.05, 0) is 25.0 Å². The average Bonchev–Trinajstić information content (AvgIpc) is 2.96. The molecular weight excluding hydrogens is 318 g/mol. The van der Waals surface area contributed by atoms with E-state index in [1.54, 1.807) is 19.3 Å². The Morgan fingerprint density at radius 3 is 2.36 bits per heavy atom. The van der Waals surface area contributed by atoms with E-state index in [0.29, 0.717) is 29.8 Å². The largest absolute Gasteiger partial charge is 0.441 e. The van der Waals surface area contributed by atoms with Crippen LogP contribution in [0.3, 0.4) is 0 Å². The third kappa shape index (κ3) is 3.63. The highest BCUT2D eigenvalue weighted by molar-refractivity contribution is 5.53. The lowest BCUT2D eigenvalue weighted by atomic mass is 10.2. The first-order chi connectivity index (χ1) is 12.0. The maximum Gasteiger partial charge on any atom is 0.316 e. The lowest BCUT2D eigenvalue weighted by Crippen LogP contribution is -2.41. The van der Waals surface area contributed by atoms with Crippen molar-refractivity contribution in [1.82, 2.24) is 14.1 Å². The molecule has 0 saturated carbocycles. The lowest BCUT2D eigenvalue weighted by molar-refractivity contribution is 0.498. The SMILES string of the molecule is Cc1oc(-c2ccccc2)nc1Cn1ccn(CC(C)C)c(=O)c1=O. The standard InChI is InChI=1S/C19H21N3O3/c1-13(2)11-21-9-10-22(19(24)18(21)23)12-16-14(3)25-17(20-16)15-7-5-4-6-8-15/h4-10,13H,11-12H2,1-3H3. The van der Waals surface area contributed by atoms with Gasteiger partial charge in [0.25, 0.3) is 0 Å². The molecule has 0 N–H and O–H groups in total. The summed E-state index contributed by atoms with van der Waals surface area (Å²) in [5.74, 6) is 1.44. The molecular formula is C19H21N3O3. The van der Waals surface area contributed by atoms with Gasteiger partial charge < -0.3 is 13.6 Å². The van der Waals surface area contributed by atoms with Crippen LogP contribution >= 0.6 is 0 Å². The fourth-order valence-electron chi connectivity index (χ4n) is 2.64. The lowest BCUT2D eigenvalue weighted by Gasteiger charge is -2.10. The summed E-state index contributed by atoms with van der Waals surface area (Å²) in [4.78, 5) is 29.0. The molecule has 0 amide bonds. The third-order valence-corrected chi connectivity index (χ3v) is 3.93. The molecule has 0 aliphatic rings. The van der Waals surface area contributed by atoms with E-state index >= 15 is 0 Å². The summed E-state index contributed by atoms with van der Waals surface area (Å²) in [7, 11) is 0. The van der Waals surface area contributed by atoms with Crippen LogP contribution in [-0.4, -0.2) is 14.1 Å². The van der Waals surface area contributed by atoms with Crippen LogP contribution in [0.1, 0.15) is 25.3 Å². The summed E-state index contributed by atoms with van der Waals surface area (Å²) in [6, 6.07) is 9.56. The van der Waals surface area contributed by atoms with E-state index in [-0.39, 0.29) is 6.54 Å². The van der Waals surface area contributed by atoms with Crippen molar-refractivity contribution in [3.05, 3.63) is 74.9 Å². The minimum atomic E-state index is -0.549. The van der Waals surface area contributed by atoms with Crippen molar-refractivity contribution in [1.29, 1.82) is 0 Å². The summed E-state index contributed by atoms with van der Waals surface area (Å²) < 4.78 is 8.54. The molecule has 0 aliphatic heterocycles. The number of nitrogens with zero attached hydrogens (tertiary/aromatic N) is 3. The number of aryl methyl sites for hydroxylation is 1. The predicted molar refractivity (Wildman–Crippen MR) is 95.6 cm³/mol. The zero-order valence-electron chi connectivity index (χ0n) is 14.6. The van der Waals surface area contributed by atoms with Crippen molar-refractivity contribution >= 4 is 0 Å². The normalized spacial score (nSPS) is 11.2. The average molecular weight is 339 g/mol. The Hall–Kier alpha value is -2.89. The van der Waals surface area contributed by atoms with Crippen LogP contribution in [0.15, 0.2) is 56.7 Å². The quantitative estimate of drug-likeness (QED) is 0.670. The van der Waals surface area contributed by atoms with Gasteiger partial charge in [0.05, 0.1) is 6.54 Å². The van der Waals surface area contributed by atoms with Gasteiger partial charge in [0, 0.05) is 24.5 Å². The van der Waals surface area contributed by atoms with Crippen molar-refractivity contribution in [3.8, 4) is 11.5 Å². The van der Waals surface area contributed by atoms with Gasteiger partial charge >= 0.3 is 11.1 Å². The predicted octanol–water partition coefficient (Wildman–Crippen LogP) is 2.68. The van der Waals surface area contributed by atoms with Crippen molar-refractivity contribution in [2.75, 3.05) is 0 Å². The molecule has 0 fully saturated rings. The first-order valence-electron chi connectivity index (χ1n) is 8.27. The number of aromatic nitrogens is 3. The first kappa shape index (κ1) is 17.0. The van der Waals surface area contributed by atoms with Gasteiger partial charge in [-0.3, -0.25) is 9.59 Å². The maximum absolute atomic E-state index is 12.3. The smallest absolute Gasteiger partial charge is 0.316 e. The van der Waals surface area contributed by atoms with Crippen LogP contribution < -0.4 is 11.1 Å². The number of rotatable bonds is 5. The fourth-order valence-corrected chi connectivity index (χ4v) is 2.64. The van der Waals surface area contributed by atoms with Crippen molar-refractivity contribution < 1.29 is 4.42 Å². The van der Waals surface area contributed by atoms with E-state index in [2.05, 4.69) is 4.98 Å². The molecule has 0 aliphatic carbocycles. The summed E-state index contributed by atoms with van der Waals surface area (Å²) >= 11 is 0. The molecule has 6 nitrogen and oxygen atoms in total. The molecule has 1 aromatic carbocycles. The zero-order valence-corrected chi connectivity index (χ0v) is 14.6. The van der Waals surface area contributed by atoms with Gasteiger partial charge in [-0.15, -0.1) is 0 Å². The molecule has 0 bridgehead atoms. The van der Waals surface area contributed by atoms with Crippen LogP contribution in [0.4, 0.5) is 0 Å². The summed E-state index contributed by atoms with van der Waals surface area (Å²) in [6.45, 7) is 6.54. The van der Waals surface area contributed by atoms with E-state index in [1.165, 1.54) is 9.13 Å². The van der Waals surface area contributed by atoms with Crippen molar-refractivity contribution in [2.24, 2.45) is 5.92 Å². The second kappa shape index (κ2) is 6.93. The molecule has 0 spiro atoms. The highest BCUT2D eigenvalue weighted by Crippen LogP contribution is 2.21. The van der Waals surface area contributed by atoms with Crippen molar-refractivity contribution in [3.63, 3.8) is 0 Å².